The quantitative estimate of drug-likeness (QED) is 0.749. The van der Waals surface area contributed by atoms with Gasteiger partial charge in [-0.15, -0.1) is 0 Å². The highest BCUT2D eigenvalue weighted by molar-refractivity contribution is 5.89. The minimum Gasteiger partial charge on any atom is -0.355 e. The van der Waals surface area contributed by atoms with Gasteiger partial charge < -0.3 is 10.3 Å². The Morgan fingerprint density at radius 3 is 2.60 bits per heavy atom. The van der Waals surface area contributed by atoms with Crippen LogP contribution in [0.25, 0.3) is 11.0 Å². The Balaban J connectivity index is 1.41. The minimum absolute atomic E-state index is 0.0291. The summed E-state index contributed by atoms with van der Waals surface area (Å²) >= 11 is 0. The molecular weight excluding hydrogens is 317 g/mol. The molecule has 4 rings (SSSR count). The largest absolute Gasteiger partial charge is 0.355 e. The molecule has 0 saturated heterocycles. The molecule has 1 heterocycles. The molecule has 128 valence electrons. The van der Waals surface area contributed by atoms with E-state index in [4.69, 9.17) is 0 Å². The van der Waals surface area contributed by atoms with Crippen molar-refractivity contribution < 1.29 is 9.18 Å². The number of para-hydroxylation sites is 2. The van der Waals surface area contributed by atoms with Crippen LogP contribution in [0.5, 0.6) is 0 Å². The molecule has 0 unspecified atom stereocenters. The van der Waals surface area contributed by atoms with E-state index in [1.807, 2.05) is 24.3 Å². The van der Waals surface area contributed by atoms with Crippen LogP contribution < -0.4 is 5.32 Å². The van der Waals surface area contributed by atoms with Crippen LogP contribution in [-0.4, -0.2) is 22.4 Å². The number of benzene rings is 2. The molecule has 1 aromatic heterocycles. The molecule has 1 fully saturated rings. The molecule has 0 radical (unpaired) electrons. The van der Waals surface area contributed by atoms with Crippen LogP contribution in [0, 0.1) is 5.82 Å². The van der Waals surface area contributed by atoms with Gasteiger partial charge in [-0.05, 0) is 42.7 Å². The number of rotatable bonds is 5. The van der Waals surface area contributed by atoms with Crippen molar-refractivity contribution in [3.05, 3.63) is 65.7 Å². The van der Waals surface area contributed by atoms with Crippen molar-refractivity contribution in [3.63, 3.8) is 0 Å². The number of hydrogen-bond acceptors (Lipinski definition) is 2. The molecule has 1 aliphatic carbocycles. The number of halogens is 1. The zero-order valence-electron chi connectivity index (χ0n) is 13.9. The summed E-state index contributed by atoms with van der Waals surface area (Å²) < 4.78 is 13.2. The summed E-state index contributed by atoms with van der Waals surface area (Å²) in [5.74, 6) is 0.621. The van der Waals surface area contributed by atoms with E-state index in [9.17, 15) is 9.18 Å². The Labute approximate surface area is 145 Å². The predicted octanol–water partition coefficient (Wildman–Crippen LogP) is 3.48. The van der Waals surface area contributed by atoms with Gasteiger partial charge in [0.15, 0.2) is 0 Å². The van der Waals surface area contributed by atoms with Gasteiger partial charge in [0, 0.05) is 13.0 Å². The third-order valence-corrected chi connectivity index (χ3v) is 5.12. The number of nitrogens with zero attached hydrogens (tertiary/aromatic N) is 1. The average Bonchev–Trinajstić information content (AvgIpc) is 2.98. The van der Waals surface area contributed by atoms with Gasteiger partial charge in [0.05, 0.1) is 16.4 Å². The van der Waals surface area contributed by atoms with Crippen LogP contribution in [0.1, 0.15) is 30.7 Å². The number of aromatic amines is 1. The Morgan fingerprint density at radius 2 is 1.92 bits per heavy atom. The Morgan fingerprint density at radius 1 is 1.16 bits per heavy atom. The van der Waals surface area contributed by atoms with Crippen LogP contribution in [0.4, 0.5) is 4.39 Å². The number of imidazole rings is 1. The van der Waals surface area contributed by atoms with E-state index in [0.29, 0.717) is 13.0 Å². The average molecular weight is 337 g/mol. The van der Waals surface area contributed by atoms with E-state index < -0.39 is 5.41 Å². The minimum atomic E-state index is -0.498. The van der Waals surface area contributed by atoms with Gasteiger partial charge in [-0.25, -0.2) is 9.37 Å². The highest BCUT2D eigenvalue weighted by Gasteiger charge is 2.45. The van der Waals surface area contributed by atoms with Gasteiger partial charge in [-0.1, -0.05) is 30.7 Å². The summed E-state index contributed by atoms with van der Waals surface area (Å²) in [6.07, 6.45) is 3.30. The molecule has 1 aliphatic rings. The van der Waals surface area contributed by atoms with Crippen molar-refractivity contribution in [2.75, 3.05) is 6.54 Å². The third kappa shape index (κ3) is 2.90. The lowest BCUT2D eigenvalue weighted by atomic mass is 9.64. The topological polar surface area (TPSA) is 57.8 Å². The summed E-state index contributed by atoms with van der Waals surface area (Å²) in [4.78, 5) is 20.6. The summed E-state index contributed by atoms with van der Waals surface area (Å²) in [5, 5.41) is 3.04. The lowest BCUT2D eigenvalue weighted by Crippen LogP contribution is -2.49. The van der Waals surface area contributed by atoms with E-state index in [-0.39, 0.29) is 11.7 Å². The number of aromatic nitrogens is 2. The van der Waals surface area contributed by atoms with Crippen LogP contribution >= 0.6 is 0 Å². The first kappa shape index (κ1) is 15.8. The molecular formula is C20H20FN3O. The van der Waals surface area contributed by atoms with Gasteiger partial charge in [0.1, 0.15) is 11.6 Å². The lowest BCUT2D eigenvalue weighted by Gasteiger charge is -2.40. The fourth-order valence-electron chi connectivity index (χ4n) is 3.53. The summed E-state index contributed by atoms with van der Waals surface area (Å²) in [6.45, 7) is 0.529. The highest BCUT2D eigenvalue weighted by atomic mass is 19.1. The van der Waals surface area contributed by atoms with Gasteiger partial charge in [0.25, 0.3) is 0 Å². The van der Waals surface area contributed by atoms with E-state index in [2.05, 4.69) is 15.3 Å². The van der Waals surface area contributed by atoms with Crippen molar-refractivity contribution >= 4 is 16.9 Å². The second-order valence-corrected chi connectivity index (χ2v) is 6.65. The molecule has 4 nitrogen and oxygen atoms in total. The normalized spacial score (nSPS) is 15.7. The Bertz CT molecular complexity index is 864. The SMILES string of the molecule is O=C(NCCc1nc2ccccc2[nH]1)C1(c2ccc(F)cc2)CCC1. The molecule has 5 heteroatoms. The summed E-state index contributed by atoms with van der Waals surface area (Å²) in [5.41, 5.74) is 2.35. The molecule has 25 heavy (non-hydrogen) atoms. The Kier molecular flexibility index (Phi) is 3.99. The number of carbonyl (C=O) groups excluding carboxylic acids is 1. The molecule has 0 spiro atoms. The first-order valence-corrected chi connectivity index (χ1v) is 8.65. The number of hydrogen-bond donors (Lipinski definition) is 2. The molecule has 1 saturated carbocycles. The molecule has 3 aromatic rings. The van der Waals surface area contributed by atoms with E-state index in [0.717, 1.165) is 41.7 Å². The van der Waals surface area contributed by atoms with Gasteiger partial charge in [0.2, 0.25) is 5.91 Å². The monoisotopic (exact) mass is 337 g/mol. The van der Waals surface area contributed by atoms with Crippen LogP contribution in [0.3, 0.4) is 0 Å². The highest BCUT2D eigenvalue weighted by Crippen LogP contribution is 2.43. The van der Waals surface area contributed by atoms with E-state index in [1.54, 1.807) is 12.1 Å². The number of fused-ring (bicyclic) bond motifs is 1. The first-order valence-electron chi connectivity index (χ1n) is 8.65. The van der Waals surface area contributed by atoms with Crippen LogP contribution in [-0.2, 0) is 16.6 Å². The summed E-state index contributed by atoms with van der Waals surface area (Å²) in [6, 6.07) is 14.2. The number of carbonyl (C=O) groups is 1. The smallest absolute Gasteiger partial charge is 0.230 e. The second-order valence-electron chi connectivity index (χ2n) is 6.65. The van der Waals surface area contributed by atoms with Crippen molar-refractivity contribution in [2.45, 2.75) is 31.1 Å². The first-order chi connectivity index (χ1) is 12.2. The Hall–Kier alpha value is -2.69. The fourth-order valence-corrected chi connectivity index (χ4v) is 3.53. The molecule has 2 aromatic carbocycles. The third-order valence-electron chi connectivity index (χ3n) is 5.12. The fraction of sp³-hybridized carbons (Fsp3) is 0.300. The van der Waals surface area contributed by atoms with Gasteiger partial charge in [-0.2, -0.15) is 0 Å². The maximum atomic E-state index is 13.2. The van der Waals surface area contributed by atoms with Crippen LogP contribution in [0.2, 0.25) is 0 Å². The maximum absolute atomic E-state index is 13.2. The van der Waals surface area contributed by atoms with Crippen molar-refractivity contribution in [3.8, 4) is 0 Å². The lowest BCUT2D eigenvalue weighted by molar-refractivity contribution is -0.129. The molecule has 0 atom stereocenters. The summed E-state index contributed by atoms with van der Waals surface area (Å²) in [7, 11) is 0. The predicted molar refractivity (Wildman–Crippen MR) is 94.7 cm³/mol. The van der Waals surface area contributed by atoms with Crippen molar-refractivity contribution in [2.24, 2.45) is 0 Å². The molecule has 0 aliphatic heterocycles. The van der Waals surface area contributed by atoms with Crippen molar-refractivity contribution in [1.29, 1.82) is 0 Å². The molecule has 0 bridgehead atoms. The number of nitrogens with one attached hydrogen (secondary N) is 2. The van der Waals surface area contributed by atoms with Crippen LogP contribution in [0.15, 0.2) is 48.5 Å². The number of amides is 1. The second kappa shape index (κ2) is 6.31. The van der Waals surface area contributed by atoms with Gasteiger partial charge >= 0.3 is 0 Å². The molecule has 1 amide bonds. The standard InChI is InChI=1S/C20H20FN3O/c21-15-8-6-14(7-9-15)20(11-3-12-20)19(25)22-13-10-18-23-16-4-1-2-5-17(16)24-18/h1-2,4-9H,3,10-13H2,(H,22,25)(H,23,24). The van der Waals surface area contributed by atoms with E-state index >= 15 is 0 Å². The van der Waals surface area contributed by atoms with E-state index in [1.165, 1.54) is 12.1 Å². The maximum Gasteiger partial charge on any atom is 0.230 e. The molecule has 2 N–H and O–H groups in total. The zero-order chi connectivity index (χ0) is 17.3. The van der Waals surface area contributed by atoms with Gasteiger partial charge in [-0.3, -0.25) is 4.79 Å². The zero-order valence-corrected chi connectivity index (χ0v) is 13.9. The van der Waals surface area contributed by atoms with Crippen molar-refractivity contribution in [1.82, 2.24) is 15.3 Å². The number of H-pyrrole nitrogens is 1.